The fourth-order valence-electron chi connectivity index (χ4n) is 1.33. The van der Waals surface area contributed by atoms with Gasteiger partial charge in [0.2, 0.25) is 0 Å². The van der Waals surface area contributed by atoms with E-state index in [9.17, 15) is 9.18 Å². The van der Waals surface area contributed by atoms with Crippen molar-refractivity contribution in [2.75, 3.05) is 0 Å². The third-order valence-corrected chi connectivity index (χ3v) is 2.10. The summed E-state index contributed by atoms with van der Waals surface area (Å²) in [5.74, 6) is -0.278. The third kappa shape index (κ3) is 2.38. The van der Waals surface area contributed by atoms with Gasteiger partial charge in [-0.25, -0.2) is 4.39 Å². The van der Waals surface area contributed by atoms with E-state index in [1.54, 1.807) is 12.1 Å². The van der Waals surface area contributed by atoms with Crippen LogP contribution in [0.3, 0.4) is 0 Å². The lowest BCUT2D eigenvalue weighted by molar-refractivity contribution is -0.109. The second-order valence-corrected chi connectivity index (χ2v) is 3.46. The fourth-order valence-corrected chi connectivity index (χ4v) is 1.33. The summed E-state index contributed by atoms with van der Waals surface area (Å²) in [6.07, 6.45) is 0.874. The minimum absolute atomic E-state index is 0.198. The van der Waals surface area contributed by atoms with Crippen molar-refractivity contribution in [3.8, 4) is 0 Å². The highest BCUT2D eigenvalue weighted by Gasteiger charge is 2.14. The predicted molar refractivity (Wildman–Crippen MR) is 50.0 cm³/mol. The Hall–Kier alpha value is -1.18. The Morgan fingerprint density at radius 3 is 2.54 bits per heavy atom. The zero-order chi connectivity index (χ0) is 9.84. The molecule has 0 radical (unpaired) electrons. The van der Waals surface area contributed by atoms with Gasteiger partial charge in [-0.1, -0.05) is 26.0 Å². The Morgan fingerprint density at radius 1 is 1.38 bits per heavy atom. The van der Waals surface area contributed by atoms with Gasteiger partial charge in [0.15, 0.2) is 0 Å². The molecule has 0 aliphatic carbocycles. The van der Waals surface area contributed by atoms with E-state index in [0.717, 1.165) is 11.8 Å². The van der Waals surface area contributed by atoms with Crippen LogP contribution in [-0.2, 0) is 4.79 Å². The maximum Gasteiger partial charge on any atom is 0.127 e. The Bertz CT molecular complexity index is 294. The van der Waals surface area contributed by atoms with Gasteiger partial charge in [-0.05, 0) is 23.6 Å². The fraction of sp³-hybridized carbons (Fsp3) is 0.364. The summed E-state index contributed by atoms with van der Waals surface area (Å²) in [4.78, 5) is 10.7. The molecular formula is C11H13FO. The zero-order valence-electron chi connectivity index (χ0n) is 7.83. The van der Waals surface area contributed by atoms with E-state index >= 15 is 0 Å². The molecule has 70 valence electrons. The molecule has 0 aliphatic rings. The van der Waals surface area contributed by atoms with Crippen LogP contribution in [0.25, 0.3) is 0 Å². The predicted octanol–water partition coefficient (Wildman–Crippen LogP) is 2.76. The topological polar surface area (TPSA) is 17.1 Å². The Kier molecular flexibility index (Phi) is 3.18. The van der Waals surface area contributed by atoms with E-state index in [1.165, 1.54) is 12.1 Å². The number of hydrogen-bond acceptors (Lipinski definition) is 1. The van der Waals surface area contributed by atoms with Crippen molar-refractivity contribution >= 4 is 6.29 Å². The van der Waals surface area contributed by atoms with Crippen molar-refractivity contribution in [2.24, 2.45) is 5.92 Å². The minimum atomic E-state index is -0.287. The number of rotatable bonds is 3. The van der Waals surface area contributed by atoms with Crippen molar-refractivity contribution in [3.63, 3.8) is 0 Å². The number of benzene rings is 1. The molecule has 0 aromatic heterocycles. The molecule has 0 saturated heterocycles. The van der Waals surface area contributed by atoms with E-state index < -0.39 is 0 Å². The smallest absolute Gasteiger partial charge is 0.127 e. The normalized spacial score (nSPS) is 12.9. The standard InChI is InChI=1S/C11H13FO/c1-8(2)11(7-13)9-4-3-5-10(12)6-9/h3-8,11H,1-2H3. The molecule has 1 nitrogen and oxygen atoms in total. The molecule has 1 atom stereocenters. The Morgan fingerprint density at radius 2 is 2.08 bits per heavy atom. The van der Waals surface area contributed by atoms with E-state index in [2.05, 4.69) is 0 Å². The van der Waals surface area contributed by atoms with Crippen molar-refractivity contribution in [1.82, 2.24) is 0 Å². The highest BCUT2D eigenvalue weighted by molar-refractivity contribution is 5.62. The van der Waals surface area contributed by atoms with Gasteiger partial charge in [0.25, 0.3) is 0 Å². The van der Waals surface area contributed by atoms with E-state index in [4.69, 9.17) is 0 Å². The second-order valence-electron chi connectivity index (χ2n) is 3.46. The van der Waals surface area contributed by atoms with Gasteiger partial charge in [0.1, 0.15) is 12.1 Å². The molecule has 0 N–H and O–H groups in total. The Labute approximate surface area is 77.6 Å². The minimum Gasteiger partial charge on any atom is -0.303 e. The molecule has 13 heavy (non-hydrogen) atoms. The van der Waals surface area contributed by atoms with Crippen LogP contribution in [0.5, 0.6) is 0 Å². The maximum atomic E-state index is 12.8. The zero-order valence-corrected chi connectivity index (χ0v) is 7.83. The summed E-state index contributed by atoms with van der Waals surface area (Å²) in [7, 11) is 0. The van der Waals surface area contributed by atoms with Gasteiger partial charge in [-0.15, -0.1) is 0 Å². The third-order valence-electron chi connectivity index (χ3n) is 2.10. The SMILES string of the molecule is CC(C)C(C=O)c1cccc(F)c1. The monoisotopic (exact) mass is 180 g/mol. The first-order valence-electron chi connectivity index (χ1n) is 4.36. The van der Waals surface area contributed by atoms with Crippen LogP contribution in [0.1, 0.15) is 25.3 Å². The van der Waals surface area contributed by atoms with Crippen molar-refractivity contribution in [3.05, 3.63) is 35.6 Å². The summed E-state index contributed by atoms with van der Waals surface area (Å²) in [5.41, 5.74) is 0.755. The number of carbonyl (C=O) groups excluding carboxylic acids is 1. The molecule has 0 spiro atoms. The first-order valence-corrected chi connectivity index (χ1v) is 4.36. The molecule has 1 unspecified atom stereocenters. The molecule has 1 aromatic rings. The largest absolute Gasteiger partial charge is 0.303 e. The van der Waals surface area contributed by atoms with E-state index in [0.29, 0.717) is 0 Å². The van der Waals surface area contributed by atoms with Crippen LogP contribution in [0.2, 0.25) is 0 Å². The summed E-state index contributed by atoms with van der Waals surface area (Å²) in [6, 6.07) is 6.20. The molecular weight excluding hydrogens is 167 g/mol. The van der Waals surface area contributed by atoms with Crippen molar-refractivity contribution in [1.29, 1.82) is 0 Å². The molecule has 0 bridgehead atoms. The van der Waals surface area contributed by atoms with Crippen LogP contribution in [0, 0.1) is 11.7 Å². The Balaban J connectivity index is 2.98. The van der Waals surface area contributed by atoms with Gasteiger partial charge >= 0.3 is 0 Å². The first-order chi connectivity index (χ1) is 6.15. The maximum absolute atomic E-state index is 12.8. The van der Waals surface area contributed by atoms with Gasteiger partial charge in [-0.3, -0.25) is 0 Å². The lowest BCUT2D eigenvalue weighted by Gasteiger charge is -2.14. The molecule has 0 heterocycles. The second kappa shape index (κ2) is 4.17. The van der Waals surface area contributed by atoms with Crippen LogP contribution in [0.4, 0.5) is 4.39 Å². The van der Waals surface area contributed by atoms with E-state index in [-0.39, 0.29) is 17.7 Å². The summed E-state index contributed by atoms with van der Waals surface area (Å²) >= 11 is 0. The highest BCUT2D eigenvalue weighted by Crippen LogP contribution is 2.22. The number of carbonyl (C=O) groups is 1. The molecule has 2 heteroatoms. The van der Waals surface area contributed by atoms with Gasteiger partial charge in [0, 0.05) is 5.92 Å². The molecule has 1 aromatic carbocycles. The average molecular weight is 180 g/mol. The van der Waals surface area contributed by atoms with Gasteiger partial charge in [-0.2, -0.15) is 0 Å². The van der Waals surface area contributed by atoms with Crippen molar-refractivity contribution in [2.45, 2.75) is 19.8 Å². The summed E-state index contributed by atoms with van der Waals surface area (Å²) in [6.45, 7) is 3.90. The van der Waals surface area contributed by atoms with Crippen LogP contribution in [0.15, 0.2) is 24.3 Å². The van der Waals surface area contributed by atoms with Crippen LogP contribution < -0.4 is 0 Å². The number of halogens is 1. The molecule has 1 rings (SSSR count). The average Bonchev–Trinajstić information content (AvgIpc) is 2.04. The molecule has 0 aliphatic heterocycles. The summed E-state index contributed by atoms with van der Waals surface area (Å²) < 4.78 is 12.8. The van der Waals surface area contributed by atoms with E-state index in [1.807, 2.05) is 13.8 Å². The van der Waals surface area contributed by atoms with Gasteiger partial charge in [0.05, 0.1) is 0 Å². The summed E-state index contributed by atoms with van der Waals surface area (Å²) in [5, 5.41) is 0. The lowest BCUT2D eigenvalue weighted by Crippen LogP contribution is -2.07. The van der Waals surface area contributed by atoms with Crippen LogP contribution >= 0.6 is 0 Å². The quantitative estimate of drug-likeness (QED) is 0.654. The first kappa shape index (κ1) is 9.90. The van der Waals surface area contributed by atoms with Gasteiger partial charge < -0.3 is 4.79 Å². The lowest BCUT2D eigenvalue weighted by atomic mass is 9.90. The molecule has 0 amide bonds. The van der Waals surface area contributed by atoms with Crippen molar-refractivity contribution < 1.29 is 9.18 Å². The van der Waals surface area contributed by atoms with Crippen LogP contribution in [-0.4, -0.2) is 6.29 Å². The number of aldehydes is 1. The molecule has 0 saturated carbocycles. The highest BCUT2D eigenvalue weighted by atomic mass is 19.1. The number of hydrogen-bond donors (Lipinski definition) is 0. The molecule has 0 fully saturated rings.